The fourth-order valence-corrected chi connectivity index (χ4v) is 1.64. The van der Waals surface area contributed by atoms with Crippen LogP contribution in [-0.4, -0.2) is 31.6 Å². The van der Waals surface area contributed by atoms with Crippen molar-refractivity contribution in [2.45, 2.75) is 33.4 Å². The highest BCUT2D eigenvalue weighted by molar-refractivity contribution is 5.82. The molecular weight excluding hydrogens is 284 g/mol. The third kappa shape index (κ3) is 5.73. The van der Waals surface area contributed by atoms with E-state index in [1.807, 2.05) is 26.8 Å². The van der Waals surface area contributed by atoms with Gasteiger partial charge in [0.2, 0.25) is 5.91 Å². The summed E-state index contributed by atoms with van der Waals surface area (Å²) in [6, 6.07) is 6.55. The van der Waals surface area contributed by atoms with Gasteiger partial charge in [-0.2, -0.15) is 0 Å². The van der Waals surface area contributed by atoms with Gasteiger partial charge in [-0.3, -0.25) is 4.79 Å². The van der Waals surface area contributed by atoms with Crippen LogP contribution in [0.2, 0.25) is 0 Å². The second kappa shape index (κ2) is 7.79. The first-order valence-corrected chi connectivity index (χ1v) is 7.06. The largest absolute Gasteiger partial charge is 0.482 e. The summed E-state index contributed by atoms with van der Waals surface area (Å²) in [5.41, 5.74) is 6.46. The van der Waals surface area contributed by atoms with Crippen molar-refractivity contribution in [3.63, 3.8) is 0 Å². The van der Waals surface area contributed by atoms with Crippen molar-refractivity contribution in [2.75, 3.05) is 13.7 Å². The van der Waals surface area contributed by atoms with E-state index >= 15 is 0 Å². The summed E-state index contributed by atoms with van der Waals surface area (Å²) in [6.45, 7) is 5.94. The van der Waals surface area contributed by atoms with E-state index in [4.69, 9.17) is 10.5 Å². The second-order valence-corrected chi connectivity index (χ2v) is 6.07. The standard InChI is InChI=1S/C16H24N2O4/c1-16(2,3)14(17)15(20)18-9-11-6-5-7-12(8-11)22-10-13(19)21-4/h5-8,14H,9-10,17H2,1-4H3,(H,18,20)/t14-/m1/s1. The molecule has 0 aliphatic heterocycles. The van der Waals surface area contributed by atoms with E-state index < -0.39 is 12.0 Å². The average Bonchev–Trinajstić information content (AvgIpc) is 2.48. The third-order valence-corrected chi connectivity index (χ3v) is 3.17. The van der Waals surface area contributed by atoms with Gasteiger partial charge in [0.1, 0.15) is 5.75 Å². The zero-order valence-electron chi connectivity index (χ0n) is 13.5. The van der Waals surface area contributed by atoms with Gasteiger partial charge < -0.3 is 20.5 Å². The van der Waals surface area contributed by atoms with Crippen LogP contribution >= 0.6 is 0 Å². The van der Waals surface area contributed by atoms with E-state index in [0.29, 0.717) is 12.3 Å². The summed E-state index contributed by atoms with van der Waals surface area (Å²) in [5.74, 6) is -0.111. The molecule has 0 saturated heterocycles. The van der Waals surface area contributed by atoms with E-state index in [1.54, 1.807) is 18.2 Å². The highest BCUT2D eigenvalue weighted by Crippen LogP contribution is 2.18. The normalized spacial score (nSPS) is 12.4. The van der Waals surface area contributed by atoms with Crippen molar-refractivity contribution in [3.05, 3.63) is 29.8 Å². The van der Waals surface area contributed by atoms with Crippen molar-refractivity contribution in [1.82, 2.24) is 5.32 Å². The lowest BCUT2D eigenvalue weighted by Gasteiger charge is -2.25. The Bertz CT molecular complexity index is 523. The lowest BCUT2D eigenvalue weighted by molar-refractivity contribution is -0.142. The second-order valence-electron chi connectivity index (χ2n) is 6.07. The molecule has 0 unspecified atom stereocenters. The summed E-state index contributed by atoms with van der Waals surface area (Å²) >= 11 is 0. The maximum absolute atomic E-state index is 12.0. The minimum Gasteiger partial charge on any atom is -0.482 e. The average molecular weight is 308 g/mol. The molecule has 0 aliphatic rings. The number of esters is 1. The van der Waals surface area contributed by atoms with E-state index in [-0.39, 0.29) is 17.9 Å². The number of nitrogens with two attached hydrogens (primary N) is 1. The van der Waals surface area contributed by atoms with Gasteiger partial charge in [-0.05, 0) is 23.1 Å². The van der Waals surface area contributed by atoms with Gasteiger partial charge in [0.25, 0.3) is 0 Å². The lowest BCUT2D eigenvalue weighted by Crippen LogP contribution is -2.48. The van der Waals surface area contributed by atoms with Gasteiger partial charge in [0.15, 0.2) is 6.61 Å². The summed E-state index contributed by atoms with van der Waals surface area (Å²) in [5, 5.41) is 2.80. The van der Waals surface area contributed by atoms with Crippen LogP contribution in [0.4, 0.5) is 0 Å². The monoisotopic (exact) mass is 308 g/mol. The molecule has 22 heavy (non-hydrogen) atoms. The molecule has 1 rings (SSSR count). The van der Waals surface area contributed by atoms with Crippen molar-refractivity contribution in [1.29, 1.82) is 0 Å². The Morgan fingerprint density at radius 1 is 1.32 bits per heavy atom. The Morgan fingerprint density at radius 3 is 2.59 bits per heavy atom. The van der Waals surface area contributed by atoms with Crippen molar-refractivity contribution in [2.24, 2.45) is 11.1 Å². The first-order valence-electron chi connectivity index (χ1n) is 7.06. The molecule has 1 atom stereocenters. The topological polar surface area (TPSA) is 90.6 Å². The lowest BCUT2D eigenvalue weighted by atomic mass is 9.87. The number of amides is 1. The summed E-state index contributed by atoms with van der Waals surface area (Å²) in [4.78, 5) is 23.0. The number of nitrogens with one attached hydrogen (secondary N) is 1. The number of benzene rings is 1. The number of ether oxygens (including phenoxy) is 2. The molecule has 0 aromatic heterocycles. The van der Waals surface area contributed by atoms with Gasteiger partial charge in [0.05, 0.1) is 13.2 Å². The van der Waals surface area contributed by atoms with Crippen LogP contribution < -0.4 is 15.8 Å². The maximum atomic E-state index is 12.0. The van der Waals surface area contributed by atoms with E-state index in [1.165, 1.54) is 7.11 Å². The molecule has 0 aliphatic carbocycles. The molecule has 0 radical (unpaired) electrons. The number of hydrogen-bond acceptors (Lipinski definition) is 5. The Morgan fingerprint density at radius 2 is 2.00 bits per heavy atom. The molecule has 0 saturated carbocycles. The van der Waals surface area contributed by atoms with Crippen LogP contribution in [0.1, 0.15) is 26.3 Å². The number of carbonyl (C=O) groups is 2. The van der Waals surface area contributed by atoms with E-state index in [9.17, 15) is 9.59 Å². The summed E-state index contributed by atoms with van der Waals surface area (Å²) in [7, 11) is 1.30. The number of carbonyl (C=O) groups excluding carboxylic acids is 2. The maximum Gasteiger partial charge on any atom is 0.343 e. The van der Waals surface area contributed by atoms with E-state index in [0.717, 1.165) is 5.56 Å². The van der Waals surface area contributed by atoms with Crippen LogP contribution in [0.3, 0.4) is 0 Å². The van der Waals surface area contributed by atoms with Crippen molar-refractivity contribution >= 4 is 11.9 Å². The van der Waals surface area contributed by atoms with Gasteiger partial charge in [-0.15, -0.1) is 0 Å². The first kappa shape index (κ1) is 18.0. The summed E-state index contributed by atoms with van der Waals surface area (Å²) < 4.78 is 9.80. The minimum absolute atomic E-state index is 0.152. The number of methoxy groups -OCH3 is 1. The number of hydrogen-bond donors (Lipinski definition) is 2. The first-order chi connectivity index (χ1) is 10.2. The van der Waals surface area contributed by atoms with Crippen LogP contribution in [0, 0.1) is 5.41 Å². The minimum atomic E-state index is -0.578. The molecule has 1 aromatic carbocycles. The Kier molecular flexibility index (Phi) is 6.37. The Hall–Kier alpha value is -2.08. The predicted molar refractivity (Wildman–Crippen MR) is 83.2 cm³/mol. The van der Waals surface area contributed by atoms with Crippen LogP contribution in [-0.2, 0) is 20.9 Å². The SMILES string of the molecule is COC(=O)COc1cccc(CNC(=O)[C@@H](N)C(C)(C)C)c1. The highest BCUT2D eigenvalue weighted by Gasteiger charge is 2.27. The quantitative estimate of drug-likeness (QED) is 0.771. The molecule has 1 amide bonds. The third-order valence-electron chi connectivity index (χ3n) is 3.17. The molecule has 0 bridgehead atoms. The fourth-order valence-electron chi connectivity index (χ4n) is 1.64. The molecular formula is C16H24N2O4. The smallest absolute Gasteiger partial charge is 0.343 e. The zero-order valence-corrected chi connectivity index (χ0v) is 13.5. The molecule has 1 aromatic rings. The molecule has 0 heterocycles. The zero-order chi connectivity index (χ0) is 16.8. The molecule has 6 nitrogen and oxygen atoms in total. The van der Waals surface area contributed by atoms with Crippen LogP contribution in [0.5, 0.6) is 5.75 Å². The van der Waals surface area contributed by atoms with Gasteiger partial charge in [0, 0.05) is 6.54 Å². The van der Waals surface area contributed by atoms with Crippen molar-refractivity contribution in [3.8, 4) is 5.75 Å². The molecule has 3 N–H and O–H groups in total. The van der Waals surface area contributed by atoms with Gasteiger partial charge >= 0.3 is 5.97 Å². The predicted octanol–water partition coefficient (Wildman–Crippen LogP) is 1.23. The van der Waals surface area contributed by atoms with Crippen molar-refractivity contribution < 1.29 is 19.1 Å². The number of rotatable bonds is 6. The van der Waals surface area contributed by atoms with Gasteiger partial charge in [-0.25, -0.2) is 4.79 Å². The van der Waals surface area contributed by atoms with E-state index in [2.05, 4.69) is 10.1 Å². The molecule has 122 valence electrons. The van der Waals surface area contributed by atoms with Crippen LogP contribution in [0.15, 0.2) is 24.3 Å². The molecule has 0 spiro atoms. The summed E-state index contributed by atoms with van der Waals surface area (Å²) in [6.07, 6.45) is 0. The molecule has 0 fully saturated rings. The van der Waals surface area contributed by atoms with Gasteiger partial charge in [-0.1, -0.05) is 32.9 Å². The highest BCUT2D eigenvalue weighted by atomic mass is 16.6. The Balaban J connectivity index is 2.56. The van der Waals surface area contributed by atoms with Crippen LogP contribution in [0.25, 0.3) is 0 Å². The molecule has 6 heteroatoms. The Labute approximate surface area is 131 Å². The fraction of sp³-hybridized carbons (Fsp3) is 0.500.